The molecule has 1 aromatic rings. The van der Waals surface area contributed by atoms with Gasteiger partial charge < -0.3 is 9.47 Å². The predicted molar refractivity (Wildman–Crippen MR) is 95.1 cm³/mol. The second-order valence-electron chi connectivity index (χ2n) is 6.21. The van der Waals surface area contributed by atoms with Gasteiger partial charge in [-0.3, -0.25) is 4.79 Å². The summed E-state index contributed by atoms with van der Waals surface area (Å²) in [4.78, 5) is 12.1. The lowest BCUT2D eigenvalue weighted by atomic mass is 9.98. The minimum Gasteiger partial charge on any atom is -0.493 e. The highest BCUT2D eigenvalue weighted by Gasteiger charge is 2.32. The van der Waals surface area contributed by atoms with E-state index in [-0.39, 0.29) is 16.8 Å². The van der Waals surface area contributed by atoms with E-state index in [1.807, 2.05) is 13.8 Å². The van der Waals surface area contributed by atoms with E-state index in [0.29, 0.717) is 44.9 Å². The molecule has 7 heteroatoms. The second-order valence-corrected chi connectivity index (χ2v) is 8.14. The van der Waals surface area contributed by atoms with E-state index in [9.17, 15) is 13.2 Å². The molecule has 0 spiro atoms. The van der Waals surface area contributed by atoms with Crippen LogP contribution in [0.4, 0.5) is 0 Å². The van der Waals surface area contributed by atoms with Crippen LogP contribution in [0.3, 0.4) is 0 Å². The lowest BCUT2D eigenvalue weighted by Gasteiger charge is -2.30. The number of esters is 1. The van der Waals surface area contributed by atoms with Crippen molar-refractivity contribution in [3.63, 3.8) is 0 Å². The number of aryl methyl sites for hydroxylation is 1. The largest absolute Gasteiger partial charge is 0.493 e. The van der Waals surface area contributed by atoms with E-state index in [1.165, 1.54) is 4.31 Å². The first-order valence-corrected chi connectivity index (χ1v) is 10.2. The average molecular weight is 369 g/mol. The Labute approximate surface area is 150 Å². The van der Waals surface area contributed by atoms with Gasteiger partial charge in [-0.25, -0.2) is 8.42 Å². The van der Waals surface area contributed by atoms with Gasteiger partial charge in [0.05, 0.1) is 24.0 Å². The number of nitrogens with zero attached hydrogens (tertiary/aromatic N) is 1. The Morgan fingerprint density at radius 3 is 2.48 bits per heavy atom. The summed E-state index contributed by atoms with van der Waals surface area (Å²) >= 11 is 0. The number of carbonyl (C=O) groups excluding carboxylic acids is 1. The van der Waals surface area contributed by atoms with Crippen LogP contribution in [0.15, 0.2) is 23.1 Å². The molecule has 0 unspecified atom stereocenters. The van der Waals surface area contributed by atoms with Gasteiger partial charge in [-0.1, -0.05) is 6.92 Å². The van der Waals surface area contributed by atoms with Gasteiger partial charge in [-0.2, -0.15) is 4.31 Å². The van der Waals surface area contributed by atoms with Gasteiger partial charge in [0.2, 0.25) is 10.0 Å². The van der Waals surface area contributed by atoms with Gasteiger partial charge in [-0.05, 0) is 56.9 Å². The van der Waals surface area contributed by atoms with Gasteiger partial charge >= 0.3 is 5.97 Å². The number of piperidine rings is 1. The summed E-state index contributed by atoms with van der Waals surface area (Å²) in [5.41, 5.74) is 0.802. The summed E-state index contributed by atoms with van der Waals surface area (Å²) in [5, 5.41) is 0. The number of hydrogen-bond donors (Lipinski definition) is 0. The van der Waals surface area contributed by atoms with Crippen molar-refractivity contribution in [1.82, 2.24) is 4.31 Å². The molecule has 25 heavy (non-hydrogen) atoms. The molecule has 0 atom stereocenters. The maximum atomic E-state index is 12.8. The zero-order valence-corrected chi connectivity index (χ0v) is 16.0. The molecule has 1 fully saturated rings. The van der Waals surface area contributed by atoms with Gasteiger partial charge in [0.25, 0.3) is 0 Å². The molecule has 0 aliphatic carbocycles. The average Bonchev–Trinajstić information content (AvgIpc) is 2.61. The smallest absolute Gasteiger partial charge is 0.309 e. The highest BCUT2D eigenvalue weighted by atomic mass is 32.2. The first-order chi connectivity index (χ1) is 11.9. The lowest BCUT2D eigenvalue weighted by molar-refractivity contribution is -0.149. The van der Waals surface area contributed by atoms with Crippen LogP contribution in [-0.4, -0.2) is 45.0 Å². The molecular weight excluding hydrogens is 342 g/mol. The maximum Gasteiger partial charge on any atom is 0.309 e. The molecule has 2 rings (SSSR count). The highest BCUT2D eigenvalue weighted by molar-refractivity contribution is 7.89. The van der Waals surface area contributed by atoms with Crippen LogP contribution < -0.4 is 4.74 Å². The second kappa shape index (κ2) is 8.67. The molecule has 140 valence electrons. The van der Waals surface area contributed by atoms with Gasteiger partial charge in [0.1, 0.15) is 5.75 Å². The minimum atomic E-state index is -3.56. The number of hydrogen-bond acceptors (Lipinski definition) is 5. The zero-order chi connectivity index (χ0) is 18.4. The topological polar surface area (TPSA) is 72.9 Å². The Bertz CT molecular complexity index is 693. The van der Waals surface area contributed by atoms with Crippen molar-refractivity contribution in [2.45, 2.75) is 44.9 Å². The SMILES string of the molecule is CCCOc1ccc(S(=O)(=O)N2CCC(C(=O)OCC)CC2)cc1C. The molecule has 0 bridgehead atoms. The third-order valence-electron chi connectivity index (χ3n) is 4.32. The third-order valence-corrected chi connectivity index (χ3v) is 6.21. The van der Waals surface area contributed by atoms with Gasteiger partial charge in [0, 0.05) is 13.1 Å². The number of ether oxygens (including phenoxy) is 2. The Kier molecular flexibility index (Phi) is 6.84. The normalized spacial score (nSPS) is 16.6. The van der Waals surface area contributed by atoms with E-state index < -0.39 is 10.0 Å². The maximum absolute atomic E-state index is 12.8. The summed E-state index contributed by atoms with van der Waals surface area (Å²) in [6.07, 6.45) is 1.89. The fourth-order valence-electron chi connectivity index (χ4n) is 2.90. The highest BCUT2D eigenvalue weighted by Crippen LogP contribution is 2.27. The Hall–Kier alpha value is -1.60. The molecular formula is C18H27NO5S. The first-order valence-electron chi connectivity index (χ1n) is 8.80. The van der Waals surface area contributed by atoms with Crippen molar-refractivity contribution in [1.29, 1.82) is 0 Å². The summed E-state index contributed by atoms with van der Waals surface area (Å²) in [5.74, 6) is 0.271. The minimum absolute atomic E-state index is 0.210. The quantitative estimate of drug-likeness (QED) is 0.691. The van der Waals surface area contributed by atoms with Crippen molar-refractivity contribution >= 4 is 16.0 Å². The Morgan fingerprint density at radius 2 is 1.92 bits per heavy atom. The molecule has 1 aromatic carbocycles. The van der Waals surface area contributed by atoms with Crippen LogP contribution in [0, 0.1) is 12.8 Å². The molecule has 1 heterocycles. The summed E-state index contributed by atoms with van der Waals surface area (Å²) in [6, 6.07) is 4.95. The summed E-state index contributed by atoms with van der Waals surface area (Å²) < 4.78 is 37.8. The summed E-state index contributed by atoms with van der Waals surface area (Å²) in [7, 11) is -3.56. The van der Waals surface area contributed by atoms with Crippen LogP contribution in [0.5, 0.6) is 5.75 Å². The molecule has 1 aliphatic heterocycles. The van der Waals surface area contributed by atoms with Crippen LogP contribution in [0.2, 0.25) is 0 Å². The number of sulfonamides is 1. The van der Waals surface area contributed by atoms with Gasteiger partial charge in [-0.15, -0.1) is 0 Å². The Balaban J connectivity index is 2.07. The van der Waals surface area contributed by atoms with E-state index in [4.69, 9.17) is 9.47 Å². The molecule has 0 aromatic heterocycles. The molecule has 0 amide bonds. The standard InChI is InChI=1S/C18H27NO5S/c1-4-12-24-17-7-6-16(13-14(17)3)25(21,22)19-10-8-15(9-11-19)18(20)23-5-2/h6-7,13,15H,4-5,8-12H2,1-3H3. The molecule has 0 N–H and O–H groups in total. The first kappa shape index (κ1) is 19.7. The number of benzene rings is 1. The van der Waals surface area contributed by atoms with Crippen molar-refractivity contribution in [3.8, 4) is 5.75 Å². The Morgan fingerprint density at radius 1 is 1.24 bits per heavy atom. The fourth-order valence-corrected chi connectivity index (χ4v) is 4.45. The third kappa shape index (κ3) is 4.73. The van der Waals surface area contributed by atoms with E-state index in [1.54, 1.807) is 25.1 Å². The van der Waals surface area contributed by atoms with Gasteiger partial charge in [0.15, 0.2) is 0 Å². The monoisotopic (exact) mass is 369 g/mol. The lowest BCUT2D eigenvalue weighted by Crippen LogP contribution is -2.40. The van der Waals surface area contributed by atoms with Crippen LogP contribution in [-0.2, 0) is 19.6 Å². The zero-order valence-electron chi connectivity index (χ0n) is 15.2. The summed E-state index contributed by atoms with van der Waals surface area (Å²) in [6.45, 7) is 7.26. The van der Waals surface area contributed by atoms with Crippen molar-refractivity contribution in [3.05, 3.63) is 23.8 Å². The van der Waals surface area contributed by atoms with E-state index in [2.05, 4.69) is 0 Å². The van der Waals surface area contributed by atoms with Crippen LogP contribution >= 0.6 is 0 Å². The van der Waals surface area contributed by atoms with Crippen LogP contribution in [0.1, 0.15) is 38.7 Å². The predicted octanol–water partition coefficient (Wildman–Crippen LogP) is 2.75. The van der Waals surface area contributed by atoms with Crippen molar-refractivity contribution < 1.29 is 22.7 Å². The molecule has 1 aliphatic rings. The fraction of sp³-hybridized carbons (Fsp3) is 0.611. The molecule has 0 radical (unpaired) electrons. The van der Waals surface area contributed by atoms with E-state index >= 15 is 0 Å². The molecule has 1 saturated heterocycles. The van der Waals surface area contributed by atoms with Crippen molar-refractivity contribution in [2.24, 2.45) is 5.92 Å². The number of carbonyl (C=O) groups is 1. The van der Waals surface area contributed by atoms with Crippen LogP contribution in [0.25, 0.3) is 0 Å². The van der Waals surface area contributed by atoms with E-state index in [0.717, 1.165) is 12.0 Å². The van der Waals surface area contributed by atoms with Crippen molar-refractivity contribution in [2.75, 3.05) is 26.3 Å². The molecule has 0 saturated carbocycles. The number of rotatable bonds is 7. The molecule has 6 nitrogen and oxygen atoms in total.